The van der Waals surface area contributed by atoms with Gasteiger partial charge in [-0.25, -0.2) is 9.78 Å². The number of pyridine rings is 1. The first kappa shape index (κ1) is 15.5. The third kappa shape index (κ3) is 4.07. The number of H-pyrrole nitrogens is 2. The monoisotopic (exact) mass is 316 g/mol. The number of hydrogen-bond donors (Lipinski definition) is 2. The van der Waals surface area contributed by atoms with Crippen molar-refractivity contribution in [1.82, 2.24) is 19.9 Å². The normalized spacial score (nSPS) is 18.2. The molecule has 0 amide bonds. The SMILES string of the molecule is CCc1ccc(OC2CCN(Cc3cc(=O)[nH]c(=O)[nH]3)C2)nc1. The molecule has 3 rings (SSSR count). The van der Waals surface area contributed by atoms with Crippen LogP contribution in [0.1, 0.15) is 24.6 Å². The molecule has 1 fully saturated rings. The van der Waals surface area contributed by atoms with Crippen molar-refractivity contribution in [3.63, 3.8) is 0 Å². The van der Waals surface area contributed by atoms with Crippen LogP contribution in [0.15, 0.2) is 34.0 Å². The smallest absolute Gasteiger partial charge is 0.325 e. The van der Waals surface area contributed by atoms with Crippen LogP contribution in [0.25, 0.3) is 0 Å². The first-order chi connectivity index (χ1) is 11.1. The van der Waals surface area contributed by atoms with Crippen LogP contribution in [-0.4, -0.2) is 39.0 Å². The molecule has 2 N–H and O–H groups in total. The molecule has 0 spiro atoms. The van der Waals surface area contributed by atoms with Crippen LogP contribution in [-0.2, 0) is 13.0 Å². The summed E-state index contributed by atoms with van der Waals surface area (Å²) in [6.45, 7) is 4.21. The maximum Gasteiger partial charge on any atom is 0.325 e. The lowest BCUT2D eigenvalue weighted by Crippen LogP contribution is -2.29. The Balaban J connectivity index is 1.57. The van der Waals surface area contributed by atoms with Gasteiger partial charge >= 0.3 is 5.69 Å². The molecule has 7 nitrogen and oxygen atoms in total. The fourth-order valence-corrected chi connectivity index (χ4v) is 2.74. The van der Waals surface area contributed by atoms with Gasteiger partial charge in [0, 0.05) is 43.7 Å². The standard InChI is InChI=1S/C16H20N4O3/c1-2-11-3-4-15(17-8-11)23-13-5-6-20(10-13)9-12-7-14(21)19-16(22)18-12/h3-4,7-8,13H,2,5-6,9-10H2,1H3,(H2,18,19,21,22). The quantitative estimate of drug-likeness (QED) is 0.846. The van der Waals surface area contributed by atoms with Gasteiger partial charge < -0.3 is 9.72 Å². The maximum absolute atomic E-state index is 11.3. The largest absolute Gasteiger partial charge is 0.473 e. The van der Waals surface area contributed by atoms with Crippen LogP contribution in [0.5, 0.6) is 5.88 Å². The molecule has 1 unspecified atom stereocenters. The minimum Gasteiger partial charge on any atom is -0.473 e. The van der Waals surface area contributed by atoms with Crippen molar-refractivity contribution in [3.8, 4) is 5.88 Å². The van der Waals surface area contributed by atoms with Crippen molar-refractivity contribution >= 4 is 0 Å². The van der Waals surface area contributed by atoms with Gasteiger partial charge in [0.15, 0.2) is 0 Å². The van der Waals surface area contributed by atoms with Gasteiger partial charge in [0.05, 0.1) is 0 Å². The Morgan fingerprint density at radius 2 is 2.22 bits per heavy atom. The summed E-state index contributed by atoms with van der Waals surface area (Å²) in [7, 11) is 0. The molecule has 2 aromatic heterocycles. The maximum atomic E-state index is 11.3. The molecule has 7 heteroatoms. The molecule has 1 aliphatic heterocycles. The van der Waals surface area contributed by atoms with Gasteiger partial charge in [-0.2, -0.15) is 0 Å². The van der Waals surface area contributed by atoms with Gasteiger partial charge in [-0.15, -0.1) is 0 Å². The van der Waals surface area contributed by atoms with Gasteiger partial charge in [0.25, 0.3) is 5.56 Å². The molecule has 1 atom stereocenters. The van der Waals surface area contributed by atoms with Crippen molar-refractivity contribution in [1.29, 1.82) is 0 Å². The number of aromatic amines is 2. The third-order valence-corrected chi connectivity index (χ3v) is 3.93. The number of nitrogens with one attached hydrogen (secondary N) is 2. The molecule has 0 bridgehead atoms. The highest BCUT2D eigenvalue weighted by Crippen LogP contribution is 2.18. The van der Waals surface area contributed by atoms with Gasteiger partial charge in [0.2, 0.25) is 5.88 Å². The van der Waals surface area contributed by atoms with Crippen molar-refractivity contribution in [3.05, 3.63) is 56.5 Å². The van der Waals surface area contributed by atoms with Gasteiger partial charge in [0.1, 0.15) is 6.10 Å². The van der Waals surface area contributed by atoms with E-state index in [0.717, 1.165) is 25.9 Å². The molecule has 0 radical (unpaired) electrons. The molecule has 122 valence electrons. The van der Waals surface area contributed by atoms with Gasteiger partial charge in [-0.05, 0) is 18.4 Å². The van der Waals surface area contributed by atoms with Crippen molar-refractivity contribution in [2.45, 2.75) is 32.4 Å². The Morgan fingerprint density at radius 3 is 2.91 bits per heavy atom. The number of hydrogen-bond acceptors (Lipinski definition) is 5. The topological polar surface area (TPSA) is 91.1 Å². The average Bonchev–Trinajstić information content (AvgIpc) is 2.94. The summed E-state index contributed by atoms with van der Waals surface area (Å²) in [4.78, 5) is 33.9. The van der Waals surface area contributed by atoms with E-state index in [-0.39, 0.29) is 11.7 Å². The predicted octanol–water partition coefficient (Wildman–Crippen LogP) is 0.674. The highest BCUT2D eigenvalue weighted by atomic mass is 16.5. The lowest BCUT2D eigenvalue weighted by molar-refractivity contribution is 0.190. The molecule has 3 heterocycles. The summed E-state index contributed by atoms with van der Waals surface area (Å²) >= 11 is 0. The zero-order valence-electron chi connectivity index (χ0n) is 13.0. The summed E-state index contributed by atoms with van der Waals surface area (Å²) < 4.78 is 5.90. The van der Waals surface area contributed by atoms with Crippen LogP contribution in [0.2, 0.25) is 0 Å². The molecule has 0 saturated carbocycles. The fourth-order valence-electron chi connectivity index (χ4n) is 2.74. The number of nitrogens with zero attached hydrogens (tertiary/aromatic N) is 2. The van der Waals surface area contributed by atoms with E-state index in [1.54, 1.807) is 0 Å². The molecule has 0 aromatic carbocycles. The Bertz CT molecular complexity index is 738. The summed E-state index contributed by atoms with van der Waals surface area (Å²) in [5.41, 5.74) is 0.948. The van der Waals surface area contributed by atoms with E-state index in [4.69, 9.17) is 4.74 Å². The first-order valence-corrected chi connectivity index (χ1v) is 7.79. The van der Waals surface area contributed by atoms with E-state index in [0.29, 0.717) is 18.1 Å². The summed E-state index contributed by atoms with van der Waals surface area (Å²) in [6, 6.07) is 5.34. The van der Waals surface area contributed by atoms with Crippen molar-refractivity contribution < 1.29 is 4.74 Å². The molecule has 0 aliphatic carbocycles. The second-order valence-corrected chi connectivity index (χ2v) is 5.73. The highest BCUT2D eigenvalue weighted by Gasteiger charge is 2.24. The van der Waals surface area contributed by atoms with Gasteiger partial charge in [-0.1, -0.05) is 13.0 Å². The second-order valence-electron chi connectivity index (χ2n) is 5.73. The summed E-state index contributed by atoms with van der Waals surface area (Å²) in [6.07, 6.45) is 3.76. The first-order valence-electron chi connectivity index (χ1n) is 7.79. The molecule has 1 aliphatic rings. The Morgan fingerprint density at radius 1 is 1.35 bits per heavy atom. The zero-order chi connectivity index (χ0) is 16.2. The van der Waals surface area contributed by atoms with Crippen LogP contribution in [0.3, 0.4) is 0 Å². The van der Waals surface area contributed by atoms with E-state index in [2.05, 4.69) is 26.8 Å². The second kappa shape index (κ2) is 6.78. The van der Waals surface area contributed by atoms with Gasteiger partial charge in [-0.3, -0.25) is 14.7 Å². The lowest BCUT2D eigenvalue weighted by Gasteiger charge is -2.16. The fraction of sp³-hybridized carbons (Fsp3) is 0.438. The molecule has 23 heavy (non-hydrogen) atoms. The van der Waals surface area contributed by atoms with Crippen LogP contribution in [0, 0.1) is 0 Å². The lowest BCUT2D eigenvalue weighted by atomic mass is 10.2. The van der Waals surface area contributed by atoms with Crippen molar-refractivity contribution in [2.24, 2.45) is 0 Å². The van der Waals surface area contributed by atoms with E-state index < -0.39 is 5.69 Å². The molecular formula is C16H20N4O3. The number of likely N-dealkylation sites (tertiary alicyclic amines) is 1. The van der Waals surface area contributed by atoms with E-state index in [1.807, 2.05) is 18.3 Å². The Hall–Kier alpha value is -2.41. The summed E-state index contributed by atoms with van der Waals surface area (Å²) in [5.74, 6) is 0.638. The number of aromatic nitrogens is 3. The third-order valence-electron chi connectivity index (χ3n) is 3.93. The number of rotatable bonds is 5. The Labute approximate surface area is 133 Å². The van der Waals surface area contributed by atoms with E-state index in [1.165, 1.54) is 11.6 Å². The molecule has 2 aromatic rings. The molecular weight excluding hydrogens is 296 g/mol. The zero-order valence-corrected chi connectivity index (χ0v) is 13.0. The number of ether oxygens (including phenoxy) is 1. The Kier molecular flexibility index (Phi) is 4.57. The number of aryl methyl sites for hydroxylation is 1. The van der Waals surface area contributed by atoms with E-state index in [9.17, 15) is 9.59 Å². The highest BCUT2D eigenvalue weighted by molar-refractivity contribution is 5.18. The van der Waals surface area contributed by atoms with E-state index >= 15 is 0 Å². The minimum atomic E-state index is -0.472. The van der Waals surface area contributed by atoms with Crippen LogP contribution >= 0.6 is 0 Å². The average molecular weight is 316 g/mol. The predicted molar refractivity (Wildman–Crippen MR) is 85.6 cm³/mol. The summed E-state index contributed by atoms with van der Waals surface area (Å²) in [5, 5.41) is 0. The minimum absolute atomic E-state index is 0.0729. The van der Waals surface area contributed by atoms with Crippen LogP contribution in [0.4, 0.5) is 0 Å². The van der Waals surface area contributed by atoms with Crippen LogP contribution < -0.4 is 16.0 Å². The van der Waals surface area contributed by atoms with Crippen molar-refractivity contribution in [2.75, 3.05) is 13.1 Å². The molecule has 1 saturated heterocycles.